The molecule has 0 bridgehead atoms. The molecule has 0 aliphatic carbocycles. The molecule has 13 heavy (non-hydrogen) atoms. The van der Waals surface area contributed by atoms with Crippen LogP contribution in [0.1, 0.15) is 25.0 Å². The molecule has 1 aliphatic heterocycles. The Balaban J connectivity index is 2.53. The number of hydrogen-bond donors (Lipinski definition) is 1. The van der Waals surface area contributed by atoms with Crippen LogP contribution in [0.15, 0.2) is 12.1 Å². The molecule has 1 aromatic rings. The highest BCUT2D eigenvalue weighted by molar-refractivity contribution is 5.51. The average Bonchev–Trinajstić information content (AvgIpc) is 2.34. The number of aryl methyl sites for hydroxylation is 1. The van der Waals surface area contributed by atoms with Crippen LogP contribution in [-0.2, 0) is 6.42 Å². The molecule has 1 heterocycles. The number of fused-ring (bicyclic) bond motifs is 1. The SMILES string of the molecule is Cc1ccc2c(c1O)CC(C)(C)O2. The topological polar surface area (TPSA) is 29.5 Å². The van der Waals surface area contributed by atoms with E-state index >= 15 is 0 Å². The van der Waals surface area contributed by atoms with Gasteiger partial charge in [0.15, 0.2) is 0 Å². The van der Waals surface area contributed by atoms with Gasteiger partial charge in [-0.2, -0.15) is 0 Å². The van der Waals surface area contributed by atoms with Gasteiger partial charge in [0, 0.05) is 12.0 Å². The number of phenolic OH excluding ortho intramolecular Hbond substituents is 1. The lowest BCUT2D eigenvalue weighted by Gasteiger charge is -2.16. The molecular formula is C11H14O2. The van der Waals surface area contributed by atoms with Crippen LogP contribution in [-0.4, -0.2) is 10.7 Å². The molecule has 1 aliphatic rings. The van der Waals surface area contributed by atoms with Gasteiger partial charge in [-0.1, -0.05) is 6.07 Å². The van der Waals surface area contributed by atoms with Crippen molar-refractivity contribution in [2.45, 2.75) is 32.8 Å². The van der Waals surface area contributed by atoms with Crippen molar-refractivity contribution in [3.05, 3.63) is 23.3 Å². The largest absolute Gasteiger partial charge is 0.507 e. The van der Waals surface area contributed by atoms with E-state index in [-0.39, 0.29) is 5.60 Å². The third kappa shape index (κ3) is 1.26. The molecule has 1 aromatic carbocycles. The predicted octanol–water partition coefficient (Wildman–Crippen LogP) is 2.41. The Morgan fingerprint density at radius 1 is 1.38 bits per heavy atom. The maximum Gasteiger partial charge on any atom is 0.127 e. The van der Waals surface area contributed by atoms with Crippen molar-refractivity contribution in [3.8, 4) is 11.5 Å². The monoisotopic (exact) mass is 178 g/mol. The van der Waals surface area contributed by atoms with Gasteiger partial charge in [0.25, 0.3) is 0 Å². The van der Waals surface area contributed by atoms with Crippen LogP contribution in [0, 0.1) is 6.92 Å². The van der Waals surface area contributed by atoms with Crippen molar-refractivity contribution in [2.24, 2.45) is 0 Å². The van der Waals surface area contributed by atoms with Crippen LogP contribution < -0.4 is 4.74 Å². The zero-order valence-electron chi connectivity index (χ0n) is 8.22. The second-order valence-corrected chi connectivity index (χ2v) is 4.25. The van der Waals surface area contributed by atoms with Crippen LogP contribution in [0.3, 0.4) is 0 Å². The Labute approximate surface area is 78.2 Å². The zero-order chi connectivity index (χ0) is 9.64. The minimum atomic E-state index is -0.173. The van der Waals surface area contributed by atoms with Crippen molar-refractivity contribution < 1.29 is 9.84 Å². The average molecular weight is 178 g/mol. The first-order valence-corrected chi connectivity index (χ1v) is 4.50. The number of aromatic hydroxyl groups is 1. The lowest BCUT2D eigenvalue weighted by Crippen LogP contribution is -2.24. The van der Waals surface area contributed by atoms with Crippen LogP contribution in [0.4, 0.5) is 0 Å². The lowest BCUT2D eigenvalue weighted by atomic mass is 9.99. The van der Waals surface area contributed by atoms with E-state index in [2.05, 4.69) is 0 Å². The maximum atomic E-state index is 9.77. The van der Waals surface area contributed by atoms with Crippen molar-refractivity contribution in [2.75, 3.05) is 0 Å². The number of rotatable bonds is 0. The summed E-state index contributed by atoms with van der Waals surface area (Å²) in [6, 6.07) is 3.81. The molecule has 0 amide bonds. The fraction of sp³-hybridized carbons (Fsp3) is 0.455. The summed E-state index contributed by atoms with van der Waals surface area (Å²) in [5.74, 6) is 1.22. The normalized spacial score (nSPS) is 18.1. The summed E-state index contributed by atoms with van der Waals surface area (Å²) in [4.78, 5) is 0. The Morgan fingerprint density at radius 3 is 2.77 bits per heavy atom. The van der Waals surface area contributed by atoms with Gasteiger partial charge in [0.05, 0.1) is 0 Å². The molecular weight excluding hydrogens is 164 g/mol. The molecule has 0 fully saturated rings. The molecule has 0 saturated heterocycles. The minimum Gasteiger partial charge on any atom is -0.507 e. The Morgan fingerprint density at radius 2 is 2.08 bits per heavy atom. The first kappa shape index (κ1) is 8.42. The van der Waals surface area contributed by atoms with Crippen LogP contribution in [0.25, 0.3) is 0 Å². The molecule has 2 heteroatoms. The molecule has 0 aromatic heterocycles. The highest BCUT2D eigenvalue weighted by Gasteiger charge is 2.32. The third-order valence-corrected chi connectivity index (χ3v) is 2.43. The van der Waals surface area contributed by atoms with Gasteiger partial charge in [-0.3, -0.25) is 0 Å². The number of hydrogen-bond acceptors (Lipinski definition) is 2. The molecule has 0 unspecified atom stereocenters. The molecule has 1 N–H and O–H groups in total. The van der Waals surface area contributed by atoms with Gasteiger partial charge in [-0.25, -0.2) is 0 Å². The summed E-state index contributed by atoms with van der Waals surface area (Å²) in [6.07, 6.45) is 0.788. The van der Waals surface area contributed by atoms with E-state index in [9.17, 15) is 5.11 Å². The summed E-state index contributed by atoms with van der Waals surface area (Å²) < 4.78 is 5.67. The number of ether oxygens (including phenoxy) is 1. The highest BCUT2D eigenvalue weighted by Crippen LogP contribution is 2.41. The van der Waals surface area contributed by atoms with Gasteiger partial charge in [0.1, 0.15) is 17.1 Å². The molecule has 0 atom stereocenters. The summed E-state index contributed by atoms with van der Waals surface area (Å²) in [6.45, 7) is 5.96. The van der Waals surface area contributed by atoms with E-state index in [1.807, 2.05) is 32.9 Å². The van der Waals surface area contributed by atoms with Crippen molar-refractivity contribution in [3.63, 3.8) is 0 Å². The van der Waals surface area contributed by atoms with E-state index in [0.29, 0.717) is 5.75 Å². The van der Waals surface area contributed by atoms with E-state index in [4.69, 9.17) is 4.74 Å². The van der Waals surface area contributed by atoms with Crippen molar-refractivity contribution >= 4 is 0 Å². The van der Waals surface area contributed by atoms with Crippen LogP contribution >= 0.6 is 0 Å². The standard InChI is InChI=1S/C11H14O2/c1-7-4-5-9-8(10(7)12)6-11(2,3)13-9/h4-5,12H,6H2,1-3H3. The third-order valence-electron chi connectivity index (χ3n) is 2.43. The second kappa shape index (κ2) is 2.41. The summed E-state index contributed by atoms with van der Waals surface area (Å²) in [5.41, 5.74) is 1.69. The summed E-state index contributed by atoms with van der Waals surface area (Å²) >= 11 is 0. The first-order chi connectivity index (χ1) is 5.99. The van der Waals surface area contributed by atoms with Crippen molar-refractivity contribution in [1.29, 1.82) is 0 Å². The predicted molar refractivity (Wildman–Crippen MR) is 51.3 cm³/mol. The fourth-order valence-corrected chi connectivity index (χ4v) is 1.76. The van der Waals surface area contributed by atoms with E-state index in [1.54, 1.807) is 0 Å². The Kier molecular flexibility index (Phi) is 1.56. The number of benzene rings is 1. The van der Waals surface area contributed by atoms with Gasteiger partial charge in [-0.15, -0.1) is 0 Å². The first-order valence-electron chi connectivity index (χ1n) is 4.50. The summed E-state index contributed by atoms with van der Waals surface area (Å²) in [7, 11) is 0. The molecule has 2 nitrogen and oxygen atoms in total. The molecule has 70 valence electrons. The van der Waals surface area contributed by atoms with E-state index in [0.717, 1.165) is 23.3 Å². The summed E-state index contributed by atoms with van der Waals surface area (Å²) in [5, 5.41) is 9.77. The smallest absolute Gasteiger partial charge is 0.127 e. The van der Waals surface area contributed by atoms with Crippen LogP contribution in [0.5, 0.6) is 11.5 Å². The molecule has 0 saturated carbocycles. The lowest BCUT2D eigenvalue weighted by molar-refractivity contribution is 0.138. The Bertz CT molecular complexity index is 353. The molecule has 2 rings (SSSR count). The zero-order valence-corrected chi connectivity index (χ0v) is 8.22. The fourth-order valence-electron chi connectivity index (χ4n) is 1.76. The quantitative estimate of drug-likeness (QED) is 0.661. The second-order valence-electron chi connectivity index (χ2n) is 4.25. The maximum absolute atomic E-state index is 9.77. The van der Waals surface area contributed by atoms with Gasteiger partial charge >= 0.3 is 0 Å². The van der Waals surface area contributed by atoms with Crippen LogP contribution in [0.2, 0.25) is 0 Å². The van der Waals surface area contributed by atoms with E-state index < -0.39 is 0 Å². The van der Waals surface area contributed by atoms with E-state index in [1.165, 1.54) is 0 Å². The van der Waals surface area contributed by atoms with Gasteiger partial charge in [0.2, 0.25) is 0 Å². The Hall–Kier alpha value is -1.18. The van der Waals surface area contributed by atoms with Gasteiger partial charge < -0.3 is 9.84 Å². The number of phenols is 1. The highest BCUT2D eigenvalue weighted by atomic mass is 16.5. The van der Waals surface area contributed by atoms with Gasteiger partial charge in [-0.05, 0) is 32.4 Å². The molecule has 0 spiro atoms. The van der Waals surface area contributed by atoms with Crippen molar-refractivity contribution in [1.82, 2.24) is 0 Å². The minimum absolute atomic E-state index is 0.173. The molecule has 0 radical (unpaired) electrons.